The first-order chi connectivity index (χ1) is 6.15. The zero-order valence-electron chi connectivity index (χ0n) is 7.24. The van der Waals surface area contributed by atoms with E-state index in [1.807, 2.05) is 6.07 Å². The Balaban J connectivity index is 3.00. The maximum absolute atomic E-state index is 9.29. The number of nitriles is 1. The summed E-state index contributed by atoms with van der Waals surface area (Å²) in [6, 6.07) is 9.02. The Morgan fingerprint density at radius 1 is 1.54 bits per heavy atom. The molecular weight excluding hydrogens is 186 g/mol. The zero-order chi connectivity index (χ0) is 9.84. The minimum Gasteiger partial charge on any atom is -0.392 e. The Hall–Kier alpha value is -1.04. The van der Waals surface area contributed by atoms with Gasteiger partial charge in [-0.2, -0.15) is 5.26 Å². The third-order valence-corrected chi connectivity index (χ3v) is 2.06. The van der Waals surface area contributed by atoms with Crippen LogP contribution >= 0.6 is 11.6 Å². The van der Waals surface area contributed by atoms with E-state index in [1.165, 1.54) is 0 Å². The second-order valence-electron chi connectivity index (χ2n) is 2.90. The lowest BCUT2D eigenvalue weighted by Gasteiger charge is -2.11. The van der Waals surface area contributed by atoms with Crippen molar-refractivity contribution >= 4 is 11.6 Å². The summed E-state index contributed by atoms with van der Waals surface area (Å²) in [4.78, 5) is 0. The van der Waals surface area contributed by atoms with E-state index >= 15 is 0 Å². The Bertz CT molecular complexity index is 330. The van der Waals surface area contributed by atoms with E-state index in [-0.39, 0.29) is 0 Å². The van der Waals surface area contributed by atoms with Gasteiger partial charge in [-0.05, 0) is 24.6 Å². The lowest BCUT2D eigenvalue weighted by Crippen LogP contribution is -2.12. The van der Waals surface area contributed by atoms with Gasteiger partial charge in [0.1, 0.15) is 0 Å². The van der Waals surface area contributed by atoms with Gasteiger partial charge in [0.05, 0.1) is 18.1 Å². The smallest absolute Gasteiger partial charge is 0.0969 e. The highest BCUT2D eigenvalue weighted by Crippen LogP contribution is 2.21. The predicted molar refractivity (Wildman–Crippen MR) is 51.5 cm³/mol. The molecule has 0 saturated heterocycles. The Morgan fingerprint density at radius 2 is 2.23 bits per heavy atom. The van der Waals surface area contributed by atoms with Crippen molar-refractivity contribution in [2.24, 2.45) is 0 Å². The van der Waals surface area contributed by atoms with Gasteiger partial charge in [0.25, 0.3) is 0 Å². The van der Waals surface area contributed by atoms with Crippen LogP contribution in [-0.4, -0.2) is 11.2 Å². The molecule has 0 aliphatic heterocycles. The van der Waals surface area contributed by atoms with E-state index in [1.54, 1.807) is 31.2 Å². The van der Waals surface area contributed by atoms with Gasteiger partial charge < -0.3 is 5.11 Å². The monoisotopic (exact) mass is 195 g/mol. The van der Waals surface area contributed by atoms with Crippen molar-refractivity contribution in [1.82, 2.24) is 0 Å². The van der Waals surface area contributed by atoms with E-state index in [0.717, 1.165) is 5.56 Å². The molecule has 1 aromatic rings. The number of hydrogen-bond donors (Lipinski definition) is 1. The van der Waals surface area contributed by atoms with Gasteiger partial charge in [0.2, 0.25) is 0 Å². The van der Waals surface area contributed by atoms with Crippen molar-refractivity contribution < 1.29 is 5.11 Å². The van der Waals surface area contributed by atoms with Crippen molar-refractivity contribution in [3.05, 3.63) is 34.9 Å². The molecule has 0 aromatic heterocycles. The highest BCUT2D eigenvalue weighted by atomic mass is 35.5. The third kappa shape index (κ3) is 2.45. The van der Waals surface area contributed by atoms with Crippen LogP contribution in [0.25, 0.3) is 0 Å². The van der Waals surface area contributed by atoms with E-state index in [4.69, 9.17) is 16.9 Å². The van der Waals surface area contributed by atoms with E-state index in [0.29, 0.717) is 5.02 Å². The minimum atomic E-state index is -0.677. The molecule has 68 valence electrons. The van der Waals surface area contributed by atoms with E-state index < -0.39 is 12.0 Å². The molecule has 2 nitrogen and oxygen atoms in total. The van der Waals surface area contributed by atoms with Crippen molar-refractivity contribution in [3.63, 3.8) is 0 Å². The maximum Gasteiger partial charge on any atom is 0.0969 e. The molecule has 3 heteroatoms. The molecule has 0 heterocycles. The summed E-state index contributed by atoms with van der Waals surface area (Å²) in [5, 5.41) is 18.7. The molecule has 0 amide bonds. The van der Waals surface area contributed by atoms with Crippen LogP contribution in [-0.2, 0) is 0 Å². The lowest BCUT2D eigenvalue weighted by molar-refractivity contribution is 0.181. The molecule has 2 unspecified atom stereocenters. The first kappa shape index (κ1) is 10.0. The number of aliphatic hydroxyl groups is 1. The molecule has 0 radical (unpaired) electrons. The number of rotatable bonds is 2. The minimum absolute atomic E-state index is 0.501. The highest BCUT2D eigenvalue weighted by molar-refractivity contribution is 6.30. The zero-order valence-corrected chi connectivity index (χ0v) is 7.99. The fourth-order valence-corrected chi connectivity index (χ4v) is 1.36. The fourth-order valence-electron chi connectivity index (χ4n) is 1.16. The van der Waals surface area contributed by atoms with Crippen LogP contribution < -0.4 is 0 Å². The molecule has 0 fully saturated rings. The first-order valence-corrected chi connectivity index (χ1v) is 4.36. The SMILES string of the molecule is CC(O)C(C#N)c1cccc(Cl)c1. The van der Waals surface area contributed by atoms with Crippen LogP contribution in [0.3, 0.4) is 0 Å². The summed E-state index contributed by atoms with van der Waals surface area (Å²) in [6.45, 7) is 1.59. The summed E-state index contributed by atoms with van der Waals surface area (Å²) in [6.07, 6.45) is -0.677. The molecule has 0 spiro atoms. The number of benzene rings is 1. The topological polar surface area (TPSA) is 44.0 Å². The van der Waals surface area contributed by atoms with Gasteiger partial charge in [-0.3, -0.25) is 0 Å². The maximum atomic E-state index is 9.29. The predicted octanol–water partition coefficient (Wildman–Crippen LogP) is 2.33. The molecular formula is C10H10ClNO. The molecule has 0 aliphatic carbocycles. The fraction of sp³-hybridized carbons (Fsp3) is 0.300. The van der Waals surface area contributed by atoms with Crippen LogP contribution in [0.1, 0.15) is 18.4 Å². The molecule has 0 saturated carbocycles. The molecule has 1 N–H and O–H groups in total. The number of halogens is 1. The highest BCUT2D eigenvalue weighted by Gasteiger charge is 2.16. The van der Waals surface area contributed by atoms with E-state index in [2.05, 4.69) is 0 Å². The standard InChI is InChI=1S/C10H10ClNO/c1-7(13)10(6-12)8-3-2-4-9(11)5-8/h2-5,7,10,13H,1H3. The quantitative estimate of drug-likeness (QED) is 0.787. The largest absolute Gasteiger partial charge is 0.392 e. The second-order valence-corrected chi connectivity index (χ2v) is 3.34. The van der Waals surface area contributed by atoms with Crippen LogP contribution in [0, 0.1) is 11.3 Å². The Labute approximate surface area is 82.4 Å². The van der Waals surface area contributed by atoms with Crippen molar-refractivity contribution in [2.45, 2.75) is 18.9 Å². The lowest BCUT2D eigenvalue weighted by atomic mass is 9.96. The summed E-state index contributed by atoms with van der Waals surface area (Å²) in [5.74, 6) is -0.501. The van der Waals surface area contributed by atoms with Gasteiger partial charge in [-0.1, -0.05) is 23.7 Å². The van der Waals surface area contributed by atoms with Gasteiger partial charge >= 0.3 is 0 Å². The average Bonchev–Trinajstić information content (AvgIpc) is 2.04. The summed E-state index contributed by atoms with van der Waals surface area (Å²) in [7, 11) is 0. The first-order valence-electron chi connectivity index (χ1n) is 3.98. The van der Waals surface area contributed by atoms with Crippen molar-refractivity contribution in [3.8, 4) is 6.07 Å². The summed E-state index contributed by atoms with van der Waals surface area (Å²) < 4.78 is 0. The molecule has 13 heavy (non-hydrogen) atoms. The van der Waals surface area contributed by atoms with Crippen molar-refractivity contribution in [2.75, 3.05) is 0 Å². The van der Waals surface area contributed by atoms with Crippen LogP contribution in [0.2, 0.25) is 5.02 Å². The normalized spacial score (nSPS) is 14.6. The van der Waals surface area contributed by atoms with E-state index in [9.17, 15) is 5.11 Å². The molecule has 2 atom stereocenters. The number of hydrogen-bond acceptors (Lipinski definition) is 2. The Kier molecular flexibility index (Phi) is 3.30. The number of nitrogens with zero attached hydrogens (tertiary/aromatic N) is 1. The summed E-state index contributed by atoms with van der Waals surface area (Å²) >= 11 is 5.76. The van der Waals surface area contributed by atoms with Crippen LogP contribution in [0.4, 0.5) is 0 Å². The Morgan fingerprint density at radius 3 is 2.69 bits per heavy atom. The molecule has 0 bridgehead atoms. The second kappa shape index (κ2) is 4.27. The van der Waals surface area contributed by atoms with Gasteiger partial charge in [-0.15, -0.1) is 0 Å². The summed E-state index contributed by atoms with van der Waals surface area (Å²) in [5.41, 5.74) is 0.755. The molecule has 1 rings (SSSR count). The van der Waals surface area contributed by atoms with Gasteiger partial charge in [-0.25, -0.2) is 0 Å². The van der Waals surface area contributed by atoms with Crippen LogP contribution in [0.15, 0.2) is 24.3 Å². The van der Waals surface area contributed by atoms with Crippen LogP contribution in [0.5, 0.6) is 0 Å². The van der Waals surface area contributed by atoms with Gasteiger partial charge in [0, 0.05) is 5.02 Å². The molecule has 0 aliphatic rings. The molecule has 1 aromatic carbocycles. The average molecular weight is 196 g/mol. The van der Waals surface area contributed by atoms with Crippen molar-refractivity contribution in [1.29, 1.82) is 5.26 Å². The number of aliphatic hydroxyl groups excluding tert-OH is 1. The third-order valence-electron chi connectivity index (χ3n) is 1.83. The van der Waals surface area contributed by atoms with Gasteiger partial charge in [0.15, 0.2) is 0 Å².